The number of rotatable bonds is 11. The lowest BCUT2D eigenvalue weighted by Crippen LogP contribution is -2.02. The van der Waals surface area contributed by atoms with Crippen LogP contribution in [0.3, 0.4) is 0 Å². The van der Waals surface area contributed by atoms with Crippen LogP contribution in [0.2, 0.25) is 0 Å². The van der Waals surface area contributed by atoms with Crippen molar-refractivity contribution in [2.24, 2.45) is 0 Å². The summed E-state index contributed by atoms with van der Waals surface area (Å²) in [4.78, 5) is -0.0189. The molecule has 0 amide bonds. The molecule has 0 radical (unpaired) electrons. The summed E-state index contributed by atoms with van der Waals surface area (Å²) >= 11 is 0. The van der Waals surface area contributed by atoms with Crippen molar-refractivity contribution in [2.45, 2.75) is 82.4 Å². The van der Waals surface area contributed by atoms with Crippen LogP contribution in [0, 0.1) is 0 Å². The average molecular weight is 327 g/mol. The summed E-state index contributed by atoms with van der Waals surface area (Å²) in [5, 5.41) is 0. The summed E-state index contributed by atoms with van der Waals surface area (Å²) in [5.74, 6) is 0.499. The first-order valence-electron chi connectivity index (χ1n) is 8.56. The van der Waals surface area contributed by atoms with Crippen LogP contribution in [-0.4, -0.2) is 13.0 Å². The van der Waals surface area contributed by atoms with E-state index < -0.39 is 10.1 Å². The van der Waals surface area contributed by atoms with Crippen molar-refractivity contribution in [2.75, 3.05) is 0 Å². The van der Waals surface area contributed by atoms with Crippen LogP contribution in [0.25, 0.3) is 0 Å². The lowest BCUT2D eigenvalue weighted by molar-refractivity contribution is 0.482. The second kappa shape index (κ2) is 10.0. The first kappa shape index (κ1) is 19.2. The van der Waals surface area contributed by atoms with E-state index in [4.69, 9.17) is 4.55 Å². The maximum absolute atomic E-state index is 11.1. The van der Waals surface area contributed by atoms with Gasteiger partial charge in [0.2, 0.25) is 0 Å². The van der Waals surface area contributed by atoms with Crippen LogP contribution >= 0.6 is 0 Å². The van der Waals surface area contributed by atoms with Gasteiger partial charge in [-0.15, -0.1) is 0 Å². The topological polar surface area (TPSA) is 54.4 Å². The Labute approximate surface area is 135 Å². The highest BCUT2D eigenvalue weighted by Crippen LogP contribution is 2.29. The summed E-state index contributed by atoms with van der Waals surface area (Å²) in [7, 11) is -4.09. The first-order chi connectivity index (χ1) is 10.5. The lowest BCUT2D eigenvalue weighted by atomic mass is 9.88. The molecule has 0 aliphatic rings. The van der Waals surface area contributed by atoms with Gasteiger partial charge in [-0.3, -0.25) is 4.55 Å². The fourth-order valence-corrected chi connectivity index (χ4v) is 3.33. The Morgan fingerprint density at radius 2 is 1.36 bits per heavy atom. The fraction of sp³-hybridized carbons (Fsp3) is 0.667. The van der Waals surface area contributed by atoms with E-state index >= 15 is 0 Å². The molecule has 0 aliphatic heterocycles. The molecule has 0 aliphatic carbocycles. The van der Waals surface area contributed by atoms with Crippen LogP contribution < -0.4 is 0 Å². The summed E-state index contributed by atoms with van der Waals surface area (Å²) in [6.45, 7) is 4.42. The van der Waals surface area contributed by atoms with Gasteiger partial charge in [0.05, 0.1) is 4.90 Å². The Morgan fingerprint density at radius 1 is 0.864 bits per heavy atom. The first-order valence-corrected chi connectivity index (χ1v) is 10.0. The maximum atomic E-state index is 11.1. The molecule has 22 heavy (non-hydrogen) atoms. The number of hydrogen-bond acceptors (Lipinski definition) is 2. The highest BCUT2D eigenvalue weighted by molar-refractivity contribution is 7.85. The summed E-state index contributed by atoms with van der Waals surface area (Å²) in [6.07, 6.45) is 11.0. The van der Waals surface area contributed by atoms with Gasteiger partial charge in [-0.1, -0.05) is 70.9 Å². The molecule has 1 unspecified atom stereocenters. The molecule has 1 aromatic rings. The van der Waals surface area contributed by atoms with Crippen molar-refractivity contribution in [3.05, 3.63) is 29.8 Å². The van der Waals surface area contributed by atoms with Crippen molar-refractivity contribution >= 4 is 10.1 Å². The molecule has 0 fully saturated rings. The van der Waals surface area contributed by atoms with Gasteiger partial charge in [-0.05, 0) is 36.5 Å². The monoisotopic (exact) mass is 326 g/mol. The molecule has 1 atom stereocenters. The second-order valence-electron chi connectivity index (χ2n) is 6.09. The number of benzene rings is 1. The molecule has 0 saturated heterocycles. The van der Waals surface area contributed by atoms with Gasteiger partial charge in [0.25, 0.3) is 10.1 Å². The van der Waals surface area contributed by atoms with Crippen LogP contribution in [-0.2, 0) is 10.1 Å². The molecule has 1 N–H and O–H groups in total. The SMILES string of the molecule is CCCCCCC(CCCCC)c1ccc(S(=O)(=O)O)cc1. The van der Waals surface area contributed by atoms with E-state index in [9.17, 15) is 8.42 Å². The van der Waals surface area contributed by atoms with Crippen LogP contribution in [0.15, 0.2) is 29.2 Å². The predicted octanol–water partition coefficient (Wildman–Crippen LogP) is 5.57. The molecule has 126 valence electrons. The summed E-state index contributed by atoms with van der Waals surface area (Å²) < 4.78 is 31.3. The van der Waals surface area contributed by atoms with Gasteiger partial charge in [0, 0.05) is 0 Å². The van der Waals surface area contributed by atoms with Gasteiger partial charge in [0.15, 0.2) is 0 Å². The zero-order valence-electron chi connectivity index (χ0n) is 13.9. The molecule has 0 aromatic heterocycles. The largest absolute Gasteiger partial charge is 0.294 e. The van der Waals surface area contributed by atoms with E-state index in [1.807, 2.05) is 12.1 Å². The van der Waals surface area contributed by atoms with Gasteiger partial charge in [0.1, 0.15) is 0 Å². The minimum Gasteiger partial charge on any atom is -0.282 e. The molecule has 0 heterocycles. The van der Waals surface area contributed by atoms with E-state index in [2.05, 4.69) is 13.8 Å². The molecule has 0 bridgehead atoms. The standard InChI is InChI=1S/C18H30O3S/c1-3-5-7-9-11-16(10-8-6-4-2)17-12-14-18(15-13-17)22(19,20)21/h12-16H,3-11H2,1-2H3,(H,19,20,21). The number of hydrogen-bond donors (Lipinski definition) is 1. The quantitative estimate of drug-likeness (QED) is 0.427. The van der Waals surface area contributed by atoms with Gasteiger partial charge < -0.3 is 0 Å². The van der Waals surface area contributed by atoms with Crippen molar-refractivity contribution < 1.29 is 13.0 Å². The Bertz CT molecular complexity index is 506. The lowest BCUT2D eigenvalue weighted by Gasteiger charge is -2.17. The van der Waals surface area contributed by atoms with Crippen molar-refractivity contribution in [1.82, 2.24) is 0 Å². The average Bonchev–Trinajstić information content (AvgIpc) is 2.49. The van der Waals surface area contributed by atoms with Gasteiger partial charge in [-0.25, -0.2) is 0 Å². The van der Waals surface area contributed by atoms with Gasteiger partial charge >= 0.3 is 0 Å². The van der Waals surface area contributed by atoms with E-state index in [1.165, 1.54) is 62.6 Å². The molecule has 3 nitrogen and oxygen atoms in total. The van der Waals surface area contributed by atoms with Crippen molar-refractivity contribution in [1.29, 1.82) is 0 Å². The second-order valence-corrected chi connectivity index (χ2v) is 7.51. The van der Waals surface area contributed by atoms with Crippen molar-refractivity contribution in [3.8, 4) is 0 Å². The molecule has 0 spiro atoms. The molecule has 1 aromatic carbocycles. The van der Waals surface area contributed by atoms with E-state index in [0.717, 1.165) is 12.8 Å². The van der Waals surface area contributed by atoms with Gasteiger partial charge in [-0.2, -0.15) is 8.42 Å². The van der Waals surface area contributed by atoms with Crippen molar-refractivity contribution in [3.63, 3.8) is 0 Å². The molecule has 1 rings (SSSR count). The zero-order chi connectivity index (χ0) is 16.4. The number of unbranched alkanes of at least 4 members (excludes halogenated alkanes) is 5. The predicted molar refractivity (Wildman–Crippen MR) is 91.9 cm³/mol. The van der Waals surface area contributed by atoms with E-state index in [-0.39, 0.29) is 4.90 Å². The van der Waals surface area contributed by atoms with Crippen LogP contribution in [0.5, 0.6) is 0 Å². The Morgan fingerprint density at radius 3 is 1.86 bits per heavy atom. The minimum absolute atomic E-state index is 0.0189. The molecular weight excluding hydrogens is 296 g/mol. The molecule has 4 heteroatoms. The van der Waals surface area contributed by atoms with E-state index in [0.29, 0.717) is 5.92 Å². The third-order valence-corrected chi connectivity index (χ3v) is 5.08. The van der Waals surface area contributed by atoms with Crippen LogP contribution in [0.1, 0.15) is 83.1 Å². The zero-order valence-corrected chi connectivity index (χ0v) is 14.7. The Balaban J connectivity index is 2.71. The maximum Gasteiger partial charge on any atom is 0.294 e. The Kier molecular flexibility index (Phi) is 8.72. The third kappa shape index (κ3) is 6.93. The smallest absolute Gasteiger partial charge is 0.282 e. The third-order valence-electron chi connectivity index (χ3n) is 4.21. The minimum atomic E-state index is -4.09. The highest BCUT2D eigenvalue weighted by Gasteiger charge is 2.14. The summed E-state index contributed by atoms with van der Waals surface area (Å²) in [6, 6.07) is 6.76. The fourth-order valence-electron chi connectivity index (χ4n) is 2.85. The molecular formula is C18H30O3S. The Hall–Kier alpha value is -0.870. The van der Waals surface area contributed by atoms with E-state index in [1.54, 1.807) is 0 Å². The summed E-state index contributed by atoms with van der Waals surface area (Å²) in [5.41, 5.74) is 1.19. The highest BCUT2D eigenvalue weighted by atomic mass is 32.2. The normalized spacial score (nSPS) is 13.2. The van der Waals surface area contributed by atoms with Crippen LogP contribution in [0.4, 0.5) is 0 Å². The molecule has 0 saturated carbocycles.